The number of ketones is 1. The molecule has 0 aliphatic carbocycles. The summed E-state index contributed by atoms with van der Waals surface area (Å²) in [6.45, 7) is 9.74. The number of amides is 1. The molecule has 182 valence electrons. The van der Waals surface area contributed by atoms with Crippen LogP contribution in [0.25, 0.3) is 5.76 Å². The Morgan fingerprint density at radius 1 is 1.12 bits per heavy atom. The summed E-state index contributed by atoms with van der Waals surface area (Å²) in [4.78, 5) is 29.8. The highest BCUT2D eigenvalue weighted by Crippen LogP contribution is 2.40. The summed E-state index contributed by atoms with van der Waals surface area (Å²) in [5.41, 5.74) is 3.42. The molecular formula is C28H36N2O4. The largest absolute Gasteiger partial charge is 0.507 e. The smallest absolute Gasteiger partial charge is 0.295 e. The van der Waals surface area contributed by atoms with Gasteiger partial charge in [-0.05, 0) is 68.2 Å². The number of hydrogen-bond donors (Lipinski definition) is 1. The molecular weight excluding hydrogens is 428 g/mol. The topological polar surface area (TPSA) is 70.1 Å². The molecule has 1 heterocycles. The Hall–Kier alpha value is -3.12. The van der Waals surface area contributed by atoms with Crippen molar-refractivity contribution in [1.82, 2.24) is 9.80 Å². The van der Waals surface area contributed by atoms with Crippen molar-refractivity contribution in [3.8, 4) is 5.75 Å². The minimum atomic E-state index is -0.653. The lowest BCUT2D eigenvalue weighted by Crippen LogP contribution is -2.35. The molecule has 2 aromatic rings. The number of hydrogen-bond acceptors (Lipinski definition) is 5. The molecule has 0 unspecified atom stereocenters. The van der Waals surface area contributed by atoms with Crippen LogP contribution in [0.2, 0.25) is 0 Å². The first kappa shape index (κ1) is 25.5. The zero-order valence-electron chi connectivity index (χ0n) is 21.1. The minimum Gasteiger partial charge on any atom is -0.507 e. The van der Waals surface area contributed by atoms with Crippen LogP contribution in [0.15, 0.2) is 48.0 Å². The molecule has 0 aromatic heterocycles. The number of rotatable bonds is 9. The number of Topliss-reactive ketones (excluding diaryl/α,β-unsaturated/α-hetero) is 1. The maximum absolute atomic E-state index is 13.2. The van der Waals surface area contributed by atoms with E-state index in [1.165, 1.54) is 5.56 Å². The van der Waals surface area contributed by atoms with E-state index in [1.54, 1.807) is 17.0 Å². The lowest BCUT2D eigenvalue weighted by Gasteiger charge is -2.27. The Morgan fingerprint density at radius 3 is 2.35 bits per heavy atom. The van der Waals surface area contributed by atoms with Crippen LogP contribution in [0.4, 0.5) is 0 Å². The highest BCUT2D eigenvalue weighted by Gasteiger charge is 2.46. The Morgan fingerprint density at radius 2 is 1.79 bits per heavy atom. The monoisotopic (exact) mass is 464 g/mol. The average molecular weight is 465 g/mol. The summed E-state index contributed by atoms with van der Waals surface area (Å²) >= 11 is 0. The number of carbonyl (C=O) groups is 2. The molecule has 3 rings (SSSR count). The van der Waals surface area contributed by atoms with Crippen molar-refractivity contribution in [2.24, 2.45) is 0 Å². The van der Waals surface area contributed by atoms with Crippen LogP contribution in [0.3, 0.4) is 0 Å². The number of carbonyl (C=O) groups excluding carboxylic acids is 2. The Bertz CT molecular complexity index is 1070. The number of aliphatic hydroxyl groups is 1. The molecule has 2 aromatic carbocycles. The normalized spacial score (nSPS) is 17.8. The van der Waals surface area contributed by atoms with Crippen LogP contribution >= 0.6 is 0 Å². The van der Waals surface area contributed by atoms with Gasteiger partial charge in [0.25, 0.3) is 11.7 Å². The van der Waals surface area contributed by atoms with Crippen molar-refractivity contribution < 1.29 is 19.4 Å². The molecule has 6 heteroatoms. The first-order valence-electron chi connectivity index (χ1n) is 11.9. The summed E-state index contributed by atoms with van der Waals surface area (Å²) in [6, 6.07) is 12.7. The van der Waals surface area contributed by atoms with Gasteiger partial charge < -0.3 is 19.6 Å². The van der Waals surface area contributed by atoms with Gasteiger partial charge in [-0.2, -0.15) is 0 Å². The molecule has 0 bridgehead atoms. The third kappa shape index (κ3) is 5.33. The van der Waals surface area contributed by atoms with E-state index in [9.17, 15) is 14.7 Å². The van der Waals surface area contributed by atoms with E-state index in [0.717, 1.165) is 17.5 Å². The van der Waals surface area contributed by atoms with Gasteiger partial charge >= 0.3 is 0 Å². The number of benzene rings is 2. The zero-order chi connectivity index (χ0) is 25.0. The average Bonchev–Trinajstić information content (AvgIpc) is 3.05. The molecule has 34 heavy (non-hydrogen) atoms. The first-order valence-corrected chi connectivity index (χ1v) is 11.9. The Labute approximate surface area is 202 Å². The van der Waals surface area contributed by atoms with Crippen LogP contribution in [0.1, 0.15) is 61.4 Å². The molecule has 0 spiro atoms. The van der Waals surface area contributed by atoms with E-state index in [0.29, 0.717) is 36.9 Å². The Kier molecular flexibility index (Phi) is 8.15. The van der Waals surface area contributed by atoms with Crippen LogP contribution in [0.5, 0.6) is 5.75 Å². The number of ether oxygens (including phenoxy) is 1. The summed E-state index contributed by atoms with van der Waals surface area (Å²) in [6.07, 6.45) is 0.896. The first-order chi connectivity index (χ1) is 16.1. The van der Waals surface area contributed by atoms with Gasteiger partial charge in [0.1, 0.15) is 11.5 Å². The van der Waals surface area contributed by atoms with Crippen molar-refractivity contribution >= 4 is 17.4 Å². The van der Waals surface area contributed by atoms with Gasteiger partial charge in [0, 0.05) is 18.7 Å². The van der Waals surface area contributed by atoms with Gasteiger partial charge in [0.05, 0.1) is 18.2 Å². The van der Waals surface area contributed by atoms with Gasteiger partial charge in [0.15, 0.2) is 0 Å². The molecule has 0 saturated carbocycles. The molecule has 6 nitrogen and oxygen atoms in total. The minimum absolute atomic E-state index is 0.131. The maximum atomic E-state index is 13.2. The van der Waals surface area contributed by atoms with Crippen molar-refractivity contribution in [2.45, 2.75) is 46.1 Å². The van der Waals surface area contributed by atoms with Gasteiger partial charge in [-0.15, -0.1) is 0 Å². The SMILES string of the molecule is CCCOc1ccc(C(O)=C2C(=O)C(=O)N(CCN(C)C)[C@@H]2c2ccc(C(C)C)cc2)c(C)c1. The van der Waals surface area contributed by atoms with Gasteiger partial charge in [0.2, 0.25) is 0 Å². The highest BCUT2D eigenvalue weighted by atomic mass is 16.5. The predicted molar refractivity (Wildman–Crippen MR) is 135 cm³/mol. The molecule has 1 atom stereocenters. The summed E-state index contributed by atoms with van der Waals surface area (Å²) in [5, 5.41) is 11.4. The third-order valence-corrected chi connectivity index (χ3v) is 6.17. The molecule has 1 N–H and O–H groups in total. The summed E-state index contributed by atoms with van der Waals surface area (Å²) in [7, 11) is 3.85. The van der Waals surface area contributed by atoms with Crippen LogP contribution in [0, 0.1) is 6.92 Å². The molecule has 1 aliphatic rings. The Balaban J connectivity index is 2.10. The standard InChI is InChI=1S/C28H36N2O4/c1-7-16-34-22-12-13-23(19(4)17-22)26(31)24-25(21-10-8-20(9-11-21)18(2)3)30(15-14-29(5)6)28(33)27(24)32/h8-13,17-18,25,31H,7,14-16H2,1-6H3/t25-/m1/s1. The zero-order valence-corrected chi connectivity index (χ0v) is 21.1. The van der Waals surface area contributed by atoms with Crippen LogP contribution in [-0.4, -0.2) is 60.4 Å². The molecule has 1 amide bonds. The van der Waals surface area contributed by atoms with Crippen molar-refractivity contribution in [2.75, 3.05) is 33.8 Å². The number of aryl methyl sites for hydroxylation is 1. The van der Waals surface area contributed by atoms with Gasteiger partial charge in [-0.25, -0.2) is 0 Å². The second kappa shape index (κ2) is 10.9. The van der Waals surface area contributed by atoms with Crippen molar-refractivity contribution in [3.05, 3.63) is 70.3 Å². The molecule has 0 radical (unpaired) electrons. The van der Waals surface area contributed by atoms with E-state index >= 15 is 0 Å². The van der Waals surface area contributed by atoms with E-state index < -0.39 is 17.7 Å². The fourth-order valence-corrected chi connectivity index (χ4v) is 4.18. The second-order valence-corrected chi connectivity index (χ2v) is 9.44. The van der Waals surface area contributed by atoms with E-state index in [2.05, 4.69) is 13.8 Å². The molecule has 1 saturated heterocycles. The lowest BCUT2D eigenvalue weighted by molar-refractivity contribution is -0.140. The predicted octanol–water partition coefficient (Wildman–Crippen LogP) is 4.89. The summed E-state index contributed by atoms with van der Waals surface area (Å²) in [5.74, 6) is -0.307. The molecule has 1 aliphatic heterocycles. The number of nitrogens with zero attached hydrogens (tertiary/aromatic N) is 2. The van der Waals surface area contributed by atoms with Crippen molar-refractivity contribution in [1.29, 1.82) is 0 Å². The van der Waals surface area contributed by atoms with Crippen molar-refractivity contribution in [3.63, 3.8) is 0 Å². The highest BCUT2D eigenvalue weighted by molar-refractivity contribution is 6.46. The lowest BCUT2D eigenvalue weighted by atomic mass is 9.92. The number of likely N-dealkylation sites (tertiary alicyclic amines) is 1. The van der Waals surface area contributed by atoms with E-state index in [-0.39, 0.29) is 11.3 Å². The quantitative estimate of drug-likeness (QED) is 0.325. The number of aliphatic hydroxyl groups excluding tert-OH is 1. The van der Waals surface area contributed by atoms with Crippen LogP contribution < -0.4 is 4.74 Å². The number of likely N-dealkylation sites (N-methyl/N-ethyl adjacent to an activating group) is 1. The third-order valence-electron chi connectivity index (χ3n) is 6.17. The van der Waals surface area contributed by atoms with E-state index in [1.807, 2.05) is 63.2 Å². The second-order valence-electron chi connectivity index (χ2n) is 9.44. The summed E-state index contributed by atoms with van der Waals surface area (Å²) < 4.78 is 5.70. The van der Waals surface area contributed by atoms with E-state index in [4.69, 9.17) is 4.74 Å². The maximum Gasteiger partial charge on any atom is 0.295 e. The molecule has 1 fully saturated rings. The van der Waals surface area contributed by atoms with Gasteiger partial charge in [-0.3, -0.25) is 9.59 Å². The van der Waals surface area contributed by atoms with Crippen LogP contribution in [-0.2, 0) is 9.59 Å². The van der Waals surface area contributed by atoms with Gasteiger partial charge in [-0.1, -0.05) is 45.0 Å². The fraction of sp³-hybridized carbons (Fsp3) is 0.429. The fourth-order valence-electron chi connectivity index (χ4n) is 4.18.